The van der Waals surface area contributed by atoms with Crippen molar-refractivity contribution >= 4 is 57.8 Å². The van der Waals surface area contributed by atoms with Crippen LogP contribution in [0.5, 0.6) is 11.5 Å². The fourth-order valence-electron chi connectivity index (χ4n) is 4.65. The number of carbonyl (C=O) groups is 1. The molecule has 0 spiro atoms. The highest BCUT2D eigenvalue weighted by Crippen LogP contribution is 2.41. The number of aliphatic imine (C=N–C) groups is 1. The first kappa shape index (κ1) is 29.6. The third-order valence-electron chi connectivity index (χ3n) is 6.92. The van der Waals surface area contributed by atoms with Crippen LogP contribution < -0.4 is 10.1 Å². The lowest BCUT2D eigenvalue weighted by atomic mass is 10.0. The van der Waals surface area contributed by atoms with Crippen molar-refractivity contribution in [1.29, 1.82) is 0 Å². The van der Waals surface area contributed by atoms with Crippen molar-refractivity contribution in [2.45, 2.75) is 33.6 Å². The van der Waals surface area contributed by atoms with Gasteiger partial charge in [-0.3, -0.25) is 9.36 Å². The standard InChI is InChI=1S/C31H28Cl3N5O3/c1-17-7-9-22(10-8-17)42-14-12-26(40)35-13-11-25-37-38-31-27(20-5-4-6-21(32)15-20)19(3)30(39(25)31)36-24-16-23(33)29(41)28(34)18(24)2/h4-10,15-16,41H,11-14H2,1-3H3,(H,35,40). The minimum atomic E-state index is -0.191. The number of aryl methyl sites for hydroxylation is 1. The quantitative estimate of drug-likeness (QED) is 0.207. The highest BCUT2D eigenvalue weighted by molar-refractivity contribution is 6.38. The lowest BCUT2D eigenvalue weighted by Gasteiger charge is -2.11. The Bertz CT molecular complexity index is 1730. The third-order valence-corrected chi connectivity index (χ3v) is 7.90. The van der Waals surface area contributed by atoms with E-state index in [1.54, 1.807) is 19.1 Å². The van der Waals surface area contributed by atoms with Crippen LogP contribution in [0.4, 0.5) is 5.69 Å². The van der Waals surface area contributed by atoms with Gasteiger partial charge in [0.1, 0.15) is 17.4 Å². The Morgan fingerprint density at radius 1 is 1.05 bits per heavy atom. The van der Waals surface area contributed by atoms with Crippen LogP contribution in [0.25, 0.3) is 5.57 Å². The molecule has 1 aliphatic rings. The number of allylic oxidation sites excluding steroid dienone is 1. The second-order valence-electron chi connectivity index (χ2n) is 9.90. The summed E-state index contributed by atoms with van der Waals surface area (Å²) in [6.45, 7) is 6.33. The van der Waals surface area contributed by atoms with Crippen molar-refractivity contribution in [2.75, 3.05) is 13.2 Å². The molecular formula is C31H28Cl3N5O3. The van der Waals surface area contributed by atoms with Gasteiger partial charge in [0.2, 0.25) is 5.91 Å². The molecule has 0 saturated carbocycles. The van der Waals surface area contributed by atoms with Gasteiger partial charge in [0.15, 0.2) is 11.6 Å². The number of nitrogens with zero attached hydrogens (tertiary/aromatic N) is 4. The number of fused-ring (bicyclic) bond motifs is 1. The van der Waals surface area contributed by atoms with Gasteiger partial charge in [-0.05, 0) is 62.2 Å². The number of benzene rings is 3. The summed E-state index contributed by atoms with van der Waals surface area (Å²) in [4.78, 5) is 17.4. The third kappa shape index (κ3) is 6.16. The van der Waals surface area contributed by atoms with Gasteiger partial charge in [0.25, 0.3) is 0 Å². The van der Waals surface area contributed by atoms with Crippen molar-refractivity contribution in [3.05, 3.63) is 104 Å². The smallest absolute Gasteiger partial charge is 0.223 e. The lowest BCUT2D eigenvalue weighted by molar-refractivity contribution is -0.121. The van der Waals surface area contributed by atoms with Gasteiger partial charge in [-0.15, -0.1) is 10.2 Å². The van der Waals surface area contributed by atoms with E-state index in [2.05, 4.69) is 15.5 Å². The molecule has 0 saturated heterocycles. The number of hydrogen-bond donors (Lipinski definition) is 2. The zero-order chi connectivity index (χ0) is 30.0. The number of ether oxygens (including phenoxy) is 1. The number of aromatic nitrogens is 3. The van der Waals surface area contributed by atoms with Crippen LogP contribution in [0.1, 0.15) is 41.7 Å². The molecule has 0 fully saturated rings. The first-order valence-corrected chi connectivity index (χ1v) is 14.4. The van der Waals surface area contributed by atoms with E-state index >= 15 is 0 Å². The molecule has 5 rings (SSSR count). The lowest BCUT2D eigenvalue weighted by Crippen LogP contribution is -2.28. The predicted molar refractivity (Wildman–Crippen MR) is 167 cm³/mol. The molecule has 2 N–H and O–H groups in total. The molecule has 2 heterocycles. The summed E-state index contributed by atoms with van der Waals surface area (Å²) < 4.78 is 7.54. The van der Waals surface area contributed by atoms with Crippen LogP contribution in [-0.4, -0.2) is 44.8 Å². The molecular weight excluding hydrogens is 597 g/mol. The second-order valence-corrected chi connectivity index (χ2v) is 11.1. The summed E-state index contributed by atoms with van der Waals surface area (Å²) in [7, 11) is 0. The zero-order valence-electron chi connectivity index (χ0n) is 23.2. The molecule has 1 aromatic heterocycles. The average molecular weight is 625 g/mol. The minimum absolute atomic E-state index is 0.0953. The van der Waals surface area contributed by atoms with Crippen molar-refractivity contribution in [3.63, 3.8) is 0 Å². The van der Waals surface area contributed by atoms with E-state index in [-0.39, 0.29) is 34.7 Å². The van der Waals surface area contributed by atoms with Crippen LogP contribution in [-0.2, 0) is 11.2 Å². The Morgan fingerprint density at radius 2 is 1.81 bits per heavy atom. The van der Waals surface area contributed by atoms with Gasteiger partial charge in [-0.25, -0.2) is 4.99 Å². The number of halogens is 3. The van der Waals surface area contributed by atoms with Gasteiger partial charge in [0, 0.05) is 29.1 Å². The van der Waals surface area contributed by atoms with Gasteiger partial charge in [0.05, 0.1) is 28.8 Å². The SMILES string of the molecule is CC1=C(c2cccc(Cl)c2)c2nnc(CCNC(=O)CCOc3ccc(C)cc3)n2C1=Nc1cc(Cl)c(O)c(Cl)c1C. The normalized spacial score (nSPS) is 13.5. The molecule has 3 aromatic carbocycles. The van der Waals surface area contributed by atoms with Crippen LogP contribution in [0.2, 0.25) is 15.1 Å². The van der Waals surface area contributed by atoms with Crippen LogP contribution in [0.3, 0.4) is 0 Å². The number of phenolic OH excluding ortho intramolecular Hbond substituents is 1. The van der Waals surface area contributed by atoms with E-state index in [0.717, 1.165) is 28.0 Å². The summed E-state index contributed by atoms with van der Waals surface area (Å²) in [5.74, 6) is 2.21. The van der Waals surface area contributed by atoms with Crippen molar-refractivity contribution < 1.29 is 14.6 Å². The molecule has 0 radical (unpaired) electrons. The first-order valence-electron chi connectivity index (χ1n) is 13.3. The number of nitrogens with one attached hydrogen (secondary N) is 1. The van der Waals surface area contributed by atoms with Crippen molar-refractivity contribution in [3.8, 4) is 11.5 Å². The molecule has 1 amide bonds. The topological polar surface area (TPSA) is 102 Å². The maximum atomic E-state index is 12.5. The van der Waals surface area contributed by atoms with E-state index in [1.165, 1.54) is 0 Å². The summed E-state index contributed by atoms with van der Waals surface area (Å²) >= 11 is 18.9. The molecule has 0 atom stereocenters. The molecule has 42 heavy (non-hydrogen) atoms. The Balaban J connectivity index is 1.38. The monoisotopic (exact) mass is 623 g/mol. The van der Waals surface area contributed by atoms with E-state index in [9.17, 15) is 9.90 Å². The number of aromatic hydroxyl groups is 1. The molecule has 0 unspecified atom stereocenters. The van der Waals surface area contributed by atoms with Crippen molar-refractivity contribution in [1.82, 2.24) is 20.1 Å². The Labute approximate surface area is 258 Å². The van der Waals surface area contributed by atoms with Gasteiger partial charge in [-0.1, -0.05) is 64.6 Å². The Kier molecular flexibility index (Phi) is 8.87. The van der Waals surface area contributed by atoms with Gasteiger partial charge >= 0.3 is 0 Å². The van der Waals surface area contributed by atoms with E-state index in [0.29, 0.717) is 46.7 Å². The number of carbonyl (C=O) groups excluding carboxylic acids is 1. The maximum Gasteiger partial charge on any atom is 0.223 e. The van der Waals surface area contributed by atoms with Gasteiger partial charge in [-0.2, -0.15) is 0 Å². The second kappa shape index (κ2) is 12.6. The highest BCUT2D eigenvalue weighted by atomic mass is 35.5. The number of amides is 1. The van der Waals surface area contributed by atoms with Gasteiger partial charge < -0.3 is 15.2 Å². The molecule has 1 aliphatic heterocycles. The zero-order valence-corrected chi connectivity index (χ0v) is 25.5. The molecule has 0 bridgehead atoms. The summed E-state index contributed by atoms with van der Waals surface area (Å²) in [6.07, 6.45) is 0.627. The van der Waals surface area contributed by atoms with E-state index < -0.39 is 0 Å². The minimum Gasteiger partial charge on any atom is -0.505 e. The summed E-state index contributed by atoms with van der Waals surface area (Å²) in [6, 6.07) is 16.7. The number of phenols is 1. The molecule has 4 aromatic rings. The Morgan fingerprint density at radius 3 is 2.55 bits per heavy atom. The fourth-order valence-corrected chi connectivity index (χ4v) is 5.29. The molecule has 8 nitrogen and oxygen atoms in total. The number of hydrogen-bond acceptors (Lipinski definition) is 6. The summed E-state index contributed by atoms with van der Waals surface area (Å²) in [5.41, 5.74) is 4.76. The van der Waals surface area contributed by atoms with Crippen molar-refractivity contribution in [2.24, 2.45) is 4.99 Å². The van der Waals surface area contributed by atoms with Crippen LogP contribution >= 0.6 is 34.8 Å². The number of rotatable bonds is 9. The molecule has 0 aliphatic carbocycles. The highest BCUT2D eigenvalue weighted by Gasteiger charge is 2.31. The average Bonchev–Trinajstić information content (AvgIpc) is 3.48. The Hall–Kier alpha value is -3.85. The molecule has 11 heteroatoms. The summed E-state index contributed by atoms with van der Waals surface area (Å²) in [5, 5.41) is 22.8. The van der Waals surface area contributed by atoms with E-state index in [1.807, 2.05) is 60.9 Å². The van der Waals surface area contributed by atoms with Crippen LogP contribution in [0, 0.1) is 13.8 Å². The molecule has 216 valence electrons. The maximum absolute atomic E-state index is 12.5. The fraction of sp³-hybridized carbons (Fsp3) is 0.226. The van der Waals surface area contributed by atoms with E-state index in [4.69, 9.17) is 44.5 Å². The predicted octanol–water partition coefficient (Wildman–Crippen LogP) is 7.10. The van der Waals surface area contributed by atoms with Crippen LogP contribution in [0.15, 0.2) is 65.2 Å². The first-order chi connectivity index (χ1) is 20.1. The largest absolute Gasteiger partial charge is 0.505 e.